The largest absolute Gasteiger partial charge is 0.368 e. The maximum Gasteiger partial charge on any atom is 0.239 e. The summed E-state index contributed by atoms with van der Waals surface area (Å²) in [6, 6.07) is 14.4. The Morgan fingerprint density at radius 2 is 2.33 bits per heavy atom. The molecule has 0 saturated carbocycles. The predicted octanol–water partition coefficient (Wildman–Crippen LogP) is 1.77. The maximum absolute atomic E-state index is 11.9. The molecule has 1 aliphatic heterocycles. The van der Waals surface area contributed by atoms with Gasteiger partial charge >= 0.3 is 0 Å². The zero-order chi connectivity index (χ0) is 14.8. The first kappa shape index (κ1) is 13.8. The molecule has 3 rings (SSSR count). The molecular formula is C17H18N3O. The van der Waals surface area contributed by atoms with Gasteiger partial charge in [-0.2, -0.15) is 0 Å². The van der Waals surface area contributed by atoms with Crippen molar-refractivity contribution in [1.29, 1.82) is 0 Å². The van der Waals surface area contributed by atoms with Gasteiger partial charge in [0.1, 0.15) is 6.04 Å². The third-order valence-corrected chi connectivity index (χ3v) is 3.90. The molecule has 1 aromatic carbocycles. The van der Waals surface area contributed by atoms with Crippen LogP contribution >= 0.6 is 0 Å². The van der Waals surface area contributed by atoms with Crippen molar-refractivity contribution in [2.75, 3.05) is 6.54 Å². The molecule has 1 aromatic heterocycles. The predicted molar refractivity (Wildman–Crippen MR) is 80.3 cm³/mol. The maximum atomic E-state index is 11.9. The van der Waals surface area contributed by atoms with Gasteiger partial charge in [0, 0.05) is 18.8 Å². The third kappa shape index (κ3) is 2.81. The molecule has 0 bridgehead atoms. The molecule has 0 spiro atoms. The number of hydrogen-bond donors (Lipinski definition) is 1. The molecule has 1 aliphatic rings. The smallest absolute Gasteiger partial charge is 0.239 e. The van der Waals surface area contributed by atoms with Gasteiger partial charge < -0.3 is 5.73 Å². The monoisotopic (exact) mass is 280 g/mol. The van der Waals surface area contributed by atoms with E-state index >= 15 is 0 Å². The topological polar surface area (TPSA) is 59.2 Å². The molecule has 1 amide bonds. The van der Waals surface area contributed by atoms with Gasteiger partial charge in [-0.3, -0.25) is 14.7 Å². The van der Waals surface area contributed by atoms with Gasteiger partial charge in [-0.1, -0.05) is 24.3 Å². The Labute approximate surface area is 124 Å². The van der Waals surface area contributed by atoms with Crippen molar-refractivity contribution in [3.8, 4) is 0 Å². The van der Waals surface area contributed by atoms with E-state index in [1.54, 1.807) is 0 Å². The zero-order valence-electron chi connectivity index (χ0n) is 12.0. The number of pyridine rings is 1. The van der Waals surface area contributed by atoms with Gasteiger partial charge in [0.2, 0.25) is 5.91 Å². The van der Waals surface area contributed by atoms with E-state index in [9.17, 15) is 4.79 Å². The molecule has 2 N–H and O–H groups in total. The first-order valence-corrected chi connectivity index (χ1v) is 7.10. The lowest BCUT2D eigenvalue weighted by Crippen LogP contribution is -2.42. The summed E-state index contributed by atoms with van der Waals surface area (Å²) in [7, 11) is 0. The van der Waals surface area contributed by atoms with Crippen LogP contribution in [0.1, 0.15) is 28.6 Å². The molecule has 1 radical (unpaired) electrons. The first-order chi connectivity index (χ1) is 10.1. The van der Waals surface area contributed by atoms with Gasteiger partial charge in [-0.25, -0.2) is 0 Å². The Balaban J connectivity index is 1.91. The van der Waals surface area contributed by atoms with Crippen molar-refractivity contribution in [2.24, 2.45) is 5.73 Å². The highest BCUT2D eigenvalue weighted by Gasteiger charge is 2.31. The van der Waals surface area contributed by atoms with Crippen LogP contribution in [0.2, 0.25) is 0 Å². The number of aryl methyl sites for hydroxylation is 1. The van der Waals surface area contributed by atoms with Gasteiger partial charge in [0.15, 0.2) is 0 Å². The van der Waals surface area contributed by atoms with E-state index in [1.165, 1.54) is 0 Å². The van der Waals surface area contributed by atoms with E-state index in [4.69, 9.17) is 5.73 Å². The summed E-state index contributed by atoms with van der Waals surface area (Å²) in [6.07, 6.45) is 0.905. The summed E-state index contributed by atoms with van der Waals surface area (Å²) >= 11 is 0. The fraction of sp³-hybridized carbons (Fsp3) is 0.294. The van der Waals surface area contributed by atoms with Crippen molar-refractivity contribution in [1.82, 2.24) is 9.88 Å². The van der Waals surface area contributed by atoms with E-state index in [1.807, 2.05) is 43.3 Å². The number of nitrogens with zero attached hydrogens (tertiary/aromatic N) is 2. The highest BCUT2D eigenvalue weighted by Crippen LogP contribution is 2.30. The van der Waals surface area contributed by atoms with E-state index in [0.29, 0.717) is 6.54 Å². The highest BCUT2D eigenvalue weighted by molar-refractivity contribution is 5.82. The van der Waals surface area contributed by atoms with Gasteiger partial charge in [-0.05, 0) is 42.7 Å². The number of hydrogen-bond acceptors (Lipinski definition) is 3. The second-order valence-corrected chi connectivity index (χ2v) is 5.42. The average Bonchev–Trinajstić information content (AvgIpc) is 2.46. The van der Waals surface area contributed by atoms with Crippen molar-refractivity contribution in [3.05, 3.63) is 65.0 Å². The van der Waals surface area contributed by atoms with Gasteiger partial charge in [0.05, 0.1) is 5.69 Å². The standard InChI is InChI=1S/C17H18N3O/c1-12-5-4-7-14(19-12)11-20-10-9-13-6-2-3-8-15(13)16(20)17(18)21/h3-8,16H,9-11H2,1H3,(H2,18,21). The fourth-order valence-corrected chi connectivity index (χ4v) is 2.95. The van der Waals surface area contributed by atoms with Gasteiger partial charge in [0.25, 0.3) is 0 Å². The van der Waals surface area contributed by atoms with Crippen molar-refractivity contribution in [2.45, 2.75) is 25.9 Å². The Kier molecular flexibility index (Phi) is 3.71. The molecule has 107 valence electrons. The zero-order valence-corrected chi connectivity index (χ0v) is 12.0. The van der Waals surface area contributed by atoms with E-state index < -0.39 is 0 Å². The second kappa shape index (κ2) is 5.66. The SMILES string of the molecule is Cc1cccc(CN2CCc3c[c]ccc3C2C(N)=O)n1. The number of amides is 1. The van der Waals surface area contributed by atoms with Crippen LogP contribution in [-0.2, 0) is 17.8 Å². The van der Waals surface area contributed by atoms with Gasteiger partial charge in [-0.15, -0.1) is 0 Å². The Hall–Kier alpha value is -2.20. The molecule has 4 nitrogen and oxygen atoms in total. The number of nitrogens with two attached hydrogens (primary N) is 1. The van der Waals surface area contributed by atoms with Crippen LogP contribution in [0.25, 0.3) is 0 Å². The van der Waals surface area contributed by atoms with Crippen LogP contribution in [0.5, 0.6) is 0 Å². The number of rotatable bonds is 3. The normalized spacial score (nSPS) is 18.2. The van der Waals surface area contributed by atoms with E-state index in [-0.39, 0.29) is 11.9 Å². The highest BCUT2D eigenvalue weighted by atomic mass is 16.1. The van der Waals surface area contributed by atoms with Crippen LogP contribution in [0.3, 0.4) is 0 Å². The van der Waals surface area contributed by atoms with Crippen molar-refractivity contribution >= 4 is 5.91 Å². The van der Waals surface area contributed by atoms with Crippen molar-refractivity contribution < 1.29 is 4.79 Å². The third-order valence-electron chi connectivity index (χ3n) is 3.90. The minimum Gasteiger partial charge on any atom is -0.368 e. The average molecular weight is 280 g/mol. The van der Waals surface area contributed by atoms with Crippen LogP contribution in [0.15, 0.2) is 36.4 Å². The number of fused-ring (bicyclic) bond motifs is 1. The summed E-state index contributed by atoms with van der Waals surface area (Å²) in [5.74, 6) is -0.310. The Bertz CT molecular complexity index is 669. The first-order valence-electron chi connectivity index (χ1n) is 7.10. The number of carbonyl (C=O) groups is 1. The molecule has 2 aromatic rings. The number of carbonyl (C=O) groups excluding carboxylic acids is 1. The molecule has 2 heterocycles. The molecule has 0 saturated heterocycles. The van der Waals surface area contributed by atoms with Crippen LogP contribution < -0.4 is 5.73 Å². The summed E-state index contributed by atoms with van der Waals surface area (Å²) in [4.78, 5) is 18.6. The molecule has 21 heavy (non-hydrogen) atoms. The molecule has 1 unspecified atom stereocenters. The lowest BCUT2D eigenvalue weighted by molar-refractivity contribution is -0.124. The van der Waals surface area contributed by atoms with E-state index in [0.717, 1.165) is 35.5 Å². The quantitative estimate of drug-likeness (QED) is 0.932. The second-order valence-electron chi connectivity index (χ2n) is 5.42. The van der Waals surface area contributed by atoms with Crippen LogP contribution in [0.4, 0.5) is 0 Å². The lowest BCUT2D eigenvalue weighted by atomic mass is 9.92. The molecule has 4 heteroatoms. The Morgan fingerprint density at radius 1 is 1.48 bits per heavy atom. The molecule has 0 aliphatic carbocycles. The van der Waals surface area contributed by atoms with Crippen molar-refractivity contribution in [3.63, 3.8) is 0 Å². The number of aromatic nitrogens is 1. The summed E-state index contributed by atoms with van der Waals surface area (Å²) in [5.41, 5.74) is 9.75. The molecule has 1 atom stereocenters. The number of primary amides is 1. The fourth-order valence-electron chi connectivity index (χ4n) is 2.95. The minimum absolute atomic E-state index is 0.310. The summed E-state index contributed by atoms with van der Waals surface area (Å²) in [6.45, 7) is 3.40. The van der Waals surface area contributed by atoms with E-state index in [2.05, 4.69) is 16.0 Å². The minimum atomic E-state index is -0.384. The molecular weight excluding hydrogens is 262 g/mol. The molecule has 0 fully saturated rings. The Morgan fingerprint density at radius 3 is 3.10 bits per heavy atom. The van der Waals surface area contributed by atoms with Crippen LogP contribution in [0, 0.1) is 13.0 Å². The summed E-state index contributed by atoms with van der Waals surface area (Å²) < 4.78 is 0. The number of benzene rings is 1. The lowest BCUT2D eigenvalue weighted by Gasteiger charge is -2.35. The summed E-state index contributed by atoms with van der Waals surface area (Å²) in [5, 5.41) is 0. The van der Waals surface area contributed by atoms with Crippen LogP contribution in [-0.4, -0.2) is 22.3 Å².